The molecule has 5 rings (SSSR count). The zero-order valence-electron chi connectivity index (χ0n) is 18.0. The maximum Gasteiger partial charge on any atom is 0.272 e. The lowest BCUT2D eigenvalue weighted by Gasteiger charge is -2.28. The van der Waals surface area contributed by atoms with Gasteiger partial charge in [-0.1, -0.05) is 9.53 Å². The van der Waals surface area contributed by atoms with Crippen LogP contribution in [0.15, 0.2) is 48.2 Å². The van der Waals surface area contributed by atoms with Crippen LogP contribution >= 0.6 is 0 Å². The van der Waals surface area contributed by atoms with Gasteiger partial charge in [-0.2, -0.15) is 15.5 Å². The van der Waals surface area contributed by atoms with E-state index in [4.69, 9.17) is 6.57 Å². The van der Waals surface area contributed by atoms with E-state index in [9.17, 15) is 5.26 Å². The normalized spacial score (nSPS) is 23.9. The van der Waals surface area contributed by atoms with Crippen molar-refractivity contribution < 1.29 is 4.68 Å². The van der Waals surface area contributed by atoms with Crippen LogP contribution in [0.3, 0.4) is 0 Å². The third-order valence-electron chi connectivity index (χ3n) is 6.46. The van der Waals surface area contributed by atoms with Crippen LogP contribution in [-0.2, 0) is 7.05 Å². The number of hydrogen-bond acceptors (Lipinski definition) is 4. The van der Waals surface area contributed by atoms with Gasteiger partial charge in [-0.25, -0.2) is 4.52 Å². The van der Waals surface area contributed by atoms with Crippen LogP contribution < -0.4 is 0 Å². The number of nitrogens with zero attached hydrogens (tertiary/aromatic N) is 8. The molecular formula is C24H24N8+2. The van der Waals surface area contributed by atoms with Crippen molar-refractivity contribution in [3.63, 3.8) is 0 Å². The molecule has 32 heavy (non-hydrogen) atoms. The molecule has 1 fully saturated rings. The second-order valence-electron chi connectivity index (χ2n) is 8.62. The Kier molecular flexibility index (Phi) is 4.91. The minimum Gasteiger partial charge on any atom is -0.275 e. The molecule has 0 aromatic carbocycles. The molecule has 1 aliphatic heterocycles. The van der Waals surface area contributed by atoms with E-state index in [1.807, 2.05) is 53.3 Å². The fourth-order valence-corrected chi connectivity index (χ4v) is 4.65. The minimum atomic E-state index is -0.206. The highest BCUT2D eigenvalue weighted by Gasteiger charge is 2.41. The summed E-state index contributed by atoms with van der Waals surface area (Å²) < 4.78 is 5.53. The average Bonchev–Trinajstić information content (AvgIpc) is 3.55. The zero-order chi connectivity index (χ0) is 22.1. The second kappa shape index (κ2) is 7.90. The Hall–Kier alpha value is -4.04. The minimum absolute atomic E-state index is 0.189. The van der Waals surface area contributed by atoms with Crippen LogP contribution in [-0.4, -0.2) is 42.6 Å². The van der Waals surface area contributed by atoms with Gasteiger partial charge in [0.15, 0.2) is 6.21 Å². The summed E-state index contributed by atoms with van der Waals surface area (Å²) >= 11 is 0. The Balaban J connectivity index is 1.52. The van der Waals surface area contributed by atoms with Crippen molar-refractivity contribution in [1.82, 2.24) is 19.4 Å². The fourth-order valence-electron chi connectivity index (χ4n) is 4.65. The second-order valence-corrected chi connectivity index (χ2v) is 8.62. The maximum absolute atomic E-state index is 9.44. The van der Waals surface area contributed by atoms with E-state index in [0.29, 0.717) is 6.42 Å². The van der Waals surface area contributed by atoms with Crippen LogP contribution in [0, 0.1) is 23.3 Å². The molecule has 0 bridgehead atoms. The van der Waals surface area contributed by atoms with Crippen LogP contribution in [0.2, 0.25) is 0 Å². The molecule has 0 amide bonds. The predicted octanol–water partition coefficient (Wildman–Crippen LogP) is 3.96. The first kappa shape index (κ1) is 19.9. The van der Waals surface area contributed by atoms with Gasteiger partial charge >= 0.3 is 0 Å². The highest BCUT2D eigenvalue weighted by molar-refractivity contribution is 6.13. The SMILES string of the molecule is C#[N+][C@H]1CC[C@@](/C=[N+]2\C=C(c3cc(-c4cnn(C)c4)cn4nccc34)C=N2)(CC#N)CC1. The lowest BCUT2D eigenvalue weighted by molar-refractivity contribution is -0.456. The van der Waals surface area contributed by atoms with E-state index in [2.05, 4.69) is 38.5 Å². The van der Waals surface area contributed by atoms with E-state index in [1.54, 1.807) is 10.9 Å². The van der Waals surface area contributed by atoms with Gasteiger partial charge in [0.05, 0.1) is 35.2 Å². The molecule has 8 heteroatoms. The molecule has 3 aromatic heterocycles. The van der Waals surface area contributed by atoms with Crippen LogP contribution in [0.4, 0.5) is 0 Å². The lowest BCUT2D eigenvalue weighted by atomic mass is 9.71. The number of pyridine rings is 1. The Bertz CT molecular complexity index is 1350. The van der Waals surface area contributed by atoms with E-state index >= 15 is 0 Å². The summed E-state index contributed by atoms with van der Waals surface area (Å²) in [5.74, 6) is 0. The summed E-state index contributed by atoms with van der Waals surface area (Å²) in [7, 11) is 1.91. The summed E-state index contributed by atoms with van der Waals surface area (Å²) in [5.41, 5.74) is 4.90. The number of allylic oxidation sites excluding steroid dienone is 1. The molecule has 1 aliphatic carbocycles. The van der Waals surface area contributed by atoms with Crippen molar-refractivity contribution in [2.24, 2.45) is 17.6 Å². The van der Waals surface area contributed by atoms with Gasteiger partial charge < -0.3 is 0 Å². The van der Waals surface area contributed by atoms with Crippen molar-refractivity contribution in [2.75, 3.05) is 0 Å². The molecule has 8 nitrogen and oxygen atoms in total. The van der Waals surface area contributed by atoms with E-state index in [1.165, 1.54) is 0 Å². The van der Waals surface area contributed by atoms with Crippen LogP contribution in [0.25, 0.3) is 27.1 Å². The zero-order valence-corrected chi connectivity index (χ0v) is 18.0. The van der Waals surface area contributed by atoms with E-state index in [0.717, 1.165) is 53.5 Å². The Morgan fingerprint density at radius 2 is 2.16 bits per heavy atom. The molecular weight excluding hydrogens is 400 g/mol. The molecule has 0 saturated heterocycles. The first-order valence-corrected chi connectivity index (χ1v) is 10.7. The van der Waals surface area contributed by atoms with Crippen LogP contribution in [0.1, 0.15) is 37.7 Å². The number of hydrogen-bond donors (Lipinski definition) is 0. The topological polar surface area (TPSA) is 78.6 Å². The van der Waals surface area contributed by atoms with Gasteiger partial charge in [-0.05, 0) is 30.1 Å². The van der Waals surface area contributed by atoms with Crippen molar-refractivity contribution >= 4 is 23.5 Å². The van der Waals surface area contributed by atoms with Crippen molar-refractivity contribution in [2.45, 2.75) is 38.1 Å². The monoisotopic (exact) mass is 424 g/mol. The van der Waals surface area contributed by atoms with Gasteiger partial charge in [-0.3, -0.25) is 4.68 Å². The van der Waals surface area contributed by atoms with Crippen molar-refractivity contribution in [3.05, 3.63) is 53.5 Å². The molecule has 0 radical (unpaired) electrons. The first-order chi connectivity index (χ1) is 15.6. The molecule has 1 saturated carbocycles. The summed E-state index contributed by atoms with van der Waals surface area (Å²) in [6.45, 7) is 5.50. The number of nitriles is 1. The smallest absolute Gasteiger partial charge is 0.272 e. The first-order valence-electron chi connectivity index (χ1n) is 10.7. The van der Waals surface area contributed by atoms with Gasteiger partial charge in [0.2, 0.25) is 6.20 Å². The highest BCUT2D eigenvalue weighted by atomic mass is 15.4. The summed E-state index contributed by atoms with van der Waals surface area (Å²) in [5, 5.41) is 22.8. The molecule has 2 aliphatic rings. The molecule has 4 heterocycles. The Morgan fingerprint density at radius 1 is 1.31 bits per heavy atom. The standard InChI is InChI=1S/C24H24N8/c1-26-21-3-6-24(7-4-21,8-9-25)17-31-15-20(13-29-31)22-11-18(19-12-28-30(2)14-19)16-32-23(22)5-10-27-32/h1,5,10-17,21H,3-4,6-8H2,2H3/q+2/b31-17+/t21-,24-. The van der Waals surface area contributed by atoms with Crippen molar-refractivity contribution in [3.8, 4) is 23.8 Å². The van der Waals surface area contributed by atoms with E-state index < -0.39 is 0 Å². The van der Waals surface area contributed by atoms with Crippen LogP contribution in [0.5, 0.6) is 0 Å². The van der Waals surface area contributed by atoms with E-state index in [-0.39, 0.29) is 11.5 Å². The number of aryl methyl sites for hydroxylation is 1. The lowest BCUT2D eigenvalue weighted by Crippen LogP contribution is -2.32. The molecule has 0 spiro atoms. The molecule has 0 unspecified atom stereocenters. The third kappa shape index (κ3) is 3.61. The number of rotatable bonds is 4. The molecule has 0 atom stereocenters. The fraction of sp³-hybridized carbons (Fsp3) is 0.333. The largest absolute Gasteiger partial charge is 0.275 e. The molecule has 3 aromatic rings. The average molecular weight is 425 g/mol. The summed E-state index contributed by atoms with van der Waals surface area (Å²) in [4.78, 5) is 3.95. The maximum atomic E-state index is 9.44. The van der Waals surface area contributed by atoms with Gasteiger partial charge in [0, 0.05) is 55.2 Å². The summed E-state index contributed by atoms with van der Waals surface area (Å²) in [6, 6.07) is 6.70. The highest BCUT2D eigenvalue weighted by Crippen LogP contribution is 2.39. The number of fused-ring (bicyclic) bond motifs is 1. The van der Waals surface area contributed by atoms with Crippen molar-refractivity contribution in [1.29, 1.82) is 5.26 Å². The van der Waals surface area contributed by atoms with Gasteiger partial charge in [0.25, 0.3) is 12.6 Å². The molecule has 0 N–H and O–H groups in total. The third-order valence-corrected chi connectivity index (χ3v) is 6.46. The number of aromatic nitrogens is 4. The quantitative estimate of drug-likeness (QED) is 0.595. The molecule has 158 valence electrons. The number of hydrazone groups is 1. The van der Waals surface area contributed by atoms with Gasteiger partial charge in [0.1, 0.15) is 6.21 Å². The van der Waals surface area contributed by atoms with Gasteiger partial charge in [-0.15, -0.1) is 0 Å². The Labute approximate surface area is 186 Å². The Morgan fingerprint density at radius 3 is 2.88 bits per heavy atom. The summed E-state index contributed by atoms with van der Waals surface area (Å²) in [6.07, 6.45) is 17.6. The predicted molar refractivity (Wildman–Crippen MR) is 123 cm³/mol.